The number of hydrogen-bond donors (Lipinski definition) is 1. The van der Waals surface area contributed by atoms with Crippen LogP contribution in [0, 0.1) is 5.82 Å². The van der Waals surface area contributed by atoms with Gasteiger partial charge in [0.2, 0.25) is 11.8 Å². The summed E-state index contributed by atoms with van der Waals surface area (Å²) < 4.78 is 14.4. The Bertz CT molecular complexity index is 1040. The Morgan fingerprint density at radius 2 is 1.65 bits per heavy atom. The number of nitrogens with one attached hydrogen (secondary N) is 1. The largest absolute Gasteiger partial charge is 0.357 e. The van der Waals surface area contributed by atoms with Crippen molar-refractivity contribution in [2.45, 2.75) is 25.4 Å². The molecular weight excluding hydrogens is 415 g/mol. The fourth-order valence-electron chi connectivity index (χ4n) is 3.45. The van der Waals surface area contributed by atoms with Crippen LogP contribution in [0.5, 0.6) is 0 Å². The summed E-state index contributed by atoms with van der Waals surface area (Å²) in [4.78, 5) is 27.6. The van der Waals surface area contributed by atoms with E-state index in [0.29, 0.717) is 17.0 Å². The van der Waals surface area contributed by atoms with Gasteiger partial charge in [0.05, 0.1) is 6.42 Å². The SMILES string of the molecule is CNC(=O)[C@H](Cc1ccccc1)N(Cc1ccccc1F)C(=O)Cc1cccc(Cl)c1. The lowest BCUT2D eigenvalue weighted by molar-refractivity contribution is -0.140. The number of hydrogen-bond acceptors (Lipinski definition) is 2. The molecule has 1 atom stereocenters. The van der Waals surface area contributed by atoms with Crippen LogP contribution in [0.4, 0.5) is 4.39 Å². The topological polar surface area (TPSA) is 49.4 Å². The molecule has 0 unspecified atom stereocenters. The van der Waals surface area contributed by atoms with Crippen LogP contribution in [0.2, 0.25) is 5.02 Å². The van der Waals surface area contributed by atoms with Gasteiger partial charge < -0.3 is 10.2 Å². The Morgan fingerprint density at radius 1 is 0.968 bits per heavy atom. The van der Waals surface area contributed by atoms with Crippen LogP contribution in [0.25, 0.3) is 0 Å². The molecule has 0 saturated heterocycles. The highest BCUT2D eigenvalue weighted by Gasteiger charge is 2.30. The van der Waals surface area contributed by atoms with E-state index in [0.717, 1.165) is 11.1 Å². The molecule has 0 aliphatic heterocycles. The quantitative estimate of drug-likeness (QED) is 0.566. The number of halogens is 2. The molecule has 0 bridgehead atoms. The smallest absolute Gasteiger partial charge is 0.242 e. The Morgan fingerprint density at radius 3 is 2.32 bits per heavy atom. The number of carbonyl (C=O) groups is 2. The number of nitrogens with zero attached hydrogens (tertiary/aromatic N) is 1. The van der Waals surface area contributed by atoms with Gasteiger partial charge in [0.1, 0.15) is 11.9 Å². The molecule has 4 nitrogen and oxygen atoms in total. The Labute approximate surface area is 186 Å². The maximum absolute atomic E-state index is 14.4. The average Bonchev–Trinajstić information content (AvgIpc) is 2.77. The highest BCUT2D eigenvalue weighted by molar-refractivity contribution is 6.30. The molecule has 6 heteroatoms. The van der Waals surface area contributed by atoms with Gasteiger partial charge in [0, 0.05) is 30.6 Å². The molecular formula is C25H24ClFN2O2. The van der Waals surface area contributed by atoms with Gasteiger partial charge in [-0.1, -0.05) is 72.3 Å². The van der Waals surface area contributed by atoms with E-state index in [1.54, 1.807) is 42.5 Å². The summed E-state index contributed by atoms with van der Waals surface area (Å²) in [5.74, 6) is -1.01. The van der Waals surface area contributed by atoms with E-state index in [9.17, 15) is 14.0 Å². The van der Waals surface area contributed by atoms with E-state index in [2.05, 4.69) is 5.32 Å². The van der Waals surface area contributed by atoms with Crippen LogP contribution in [0.1, 0.15) is 16.7 Å². The summed E-state index contributed by atoms with van der Waals surface area (Å²) in [7, 11) is 1.53. The second-order valence-electron chi connectivity index (χ2n) is 7.24. The van der Waals surface area contributed by atoms with Crippen molar-refractivity contribution in [1.29, 1.82) is 0 Å². The zero-order valence-corrected chi connectivity index (χ0v) is 18.0. The van der Waals surface area contributed by atoms with Gasteiger partial charge in [-0.3, -0.25) is 9.59 Å². The molecule has 0 aromatic heterocycles. The number of benzene rings is 3. The third-order valence-corrected chi connectivity index (χ3v) is 5.30. The minimum atomic E-state index is -0.793. The van der Waals surface area contributed by atoms with Crippen LogP contribution >= 0.6 is 11.6 Å². The molecule has 160 valence electrons. The van der Waals surface area contributed by atoms with Crippen LogP contribution in [0.15, 0.2) is 78.9 Å². The van der Waals surface area contributed by atoms with Crippen molar-refractivity contribution in [2.24, 2.45) is 0 Å². The second kappa shape index (κ2) is 10.7. The van der Waals surface area contributed by atoms with E-state index in [-0.39, 0.29) is 24.8 Å². The highest BCUT2D eigenvalue weighted by atomic mass is 35.5. The van der Waals surface area contributed by atoms with Gasteiger partial charge in [-0.2, -0.15) is 0 Å². The molecule has 3 aromatic carbocycles. The summed E-state index contributed by atoms with van der Waals surface area (Å²) in [6, 6.07) is 22.0. The summed E-state index contributed by atoms with van der Waals surface area (Å²) in [6.45, 7) is -0.0169. The first kappa shape index (κ1) is 22.5. The third-order valence-electron chi connectivity index (χ3n) is 5.06. The second-order valence-corrected chi connectivity index (χ2v) is 7.68. The number of rotatable bonds is 8. The minimum absolute atomic E-state index is 0.0169. The normalized spacial score (nSPS) is 11.6. The molecule has 0 fully saturated rings. The van der Waals surface area contributed by atoms with Crippen molar-refractivity contribution in [3.8, 4) is 0 Å². The van der Waals surface area contributed by atoms with Gasteiger partial charge in [-0.25, -0.2) is 4.39 Å². The van der Waals surface area contributed by atoms with Crippen LogP contribution in [-0.4, -0.2) is 29.8 Å². The summed E-state index contributed by atoms with van der Waals surface area (Å²) in [5.41, 5.74) is 1.99. The molecule has 0 saturated carbocycles. The van der Waals surface area contributed by atoms with Crippen molar-refractivity contribution in [2.75, 3.05) is 7.05 Å². The van der Waals surface area contributed by atoms with Crippen LogP contribution < -0.4 is 5.32 Å². The maximum Gasteiger partial charge on any atom is 0.242 e. The number of carbonyl (C=O) groups excluding carboxylic acids is 2. The Balaban J connectivity index is 1.95. The van der Waals surface area contributed by atoms with E-state index >= 15 is 0 Å². The molecule has 0 radical (unpaired) electrons. The monoisotopic (exact) mass is 438 g/mol. The summed E-state index contributed by atoms with van der Waals surface area (Å²) >= 11 is 6.06. The zero-order chi connectivity index (χ0) is 22.2. The highest BCUT2D eigenvalue weighted by Crippen LogP contribution is 2.19. The predicted octanol–water partition coefficient (Wildman–Crippen LogP) is 4.41. The fraction of sp³-hybridized carbons (Fsp3) is 0.200. The minimum Gasteiger partial charge on any atom is -0.357 e. The standard InChI is InChI=1S/C25H24ClFN2O2/c1-28-25(31)23(15-18-8-3-2-4-9-18)29(17-20-11-5-6-13-22(20)27)24(30)16-19-10-7-12-21(26)14-19/h2-14,23H,15-17H2,1H3,(H,28,31)/t23-/m0/s1. The lowest BCUT2D eigenvalue weighted by Gasteiger charge is -2.31. The van der Waals surface area contributed by atoms with Gasteiger partial charge in [-0.05, 0) is 29.3 Å². The lowest BCUT2D eigenvalue weighted by Crippen LogP contribution is -2.50. The maximum atomic E-state index is 14.4. The Hall–Kier alpha value is -3.18. The van der Waals surface area contributed by atoms with Crippen molar-refractivity contribution >= 4 is 23.4 Å². The molecule has 1 N–H and O–H groups in total. The van der Waals surface area contributed by atoms with E-state index in [4.69, 9.17) is 11.6 Å². The first-order valence-electron chi connectivity index (χ1n) is 10.0. The van der Waals surface area contributed by atoms with Gasteiger partial charge in [-0.15, -0.1) is 0 Å². The van der Waals surface area contributed by atoms with Crippen molar-refractivity contribution in [3.05, 3.63) is 106 Å². The molecule has 3 rings (SSSR count). The van der Waals surface area contributed by atoms with Gasteiger partial charge in [0.15, 0.2) is 0 Å². The third kappa shape index (κ3) is 6.15. The number of amides is 2. The molecule has 0 heterocycles. The zero-order valence-electron chi connectivity index (χ0n) is 17.2. The first-order chi connectivity index (χ1) is 15.0. The first-order valence-corrected chi connectivity index (χ1v) is 10.4. The molecule has 0 aliphatic rings. The Kier molecular flexibility index (Phi) is 7.79. The van der Waals surface area contributed by atoms with E-state index < -0.39 is 11.9 Å². The van der Waals surface area contributed by atoms with Crippen LogP contribution in [-0.2, 0) is 29.0 Å². The molecule has 31 heavy (non-hydrogen) atoms. The van der Waals surface area contributed by atoms with Crippen molar-refractivity contribution < 1.29 is 14.0 Å². The van der Waals surface area contributed by atoms with Crippen molar-refractivity contribution in [3.63, 3.8) is 0 Å². The molecule has 2 amide bonds. The lowest BCUT2D eigenvalue weighted by atomic mass is 10.0. The summed E-state index contributed by atoms with van der Waals surface area (Å²) in [5, 5.41) is 3.17. The summed E-state index contributed by atoms with van der Waals surface area (Å²) in [6.07, 6.45) is 0.369. The van der Waals surface area contributed by atoms with Crippen LogP contribution in [0.3, 0.4) is 0 Å². The molecule has 0 aliphatic carbocycles. The van der Waals surface area contributed by atoms with Gasteiger partial charge >= 0.3 is 0 Å². The molecule has 3 aromatic rings. The van der Waals surface area contributed by atoms with Gasteiger partial charge in [0.25, 0.3) is 0 Å². The number of likely N-dealkylation sites (N-methyl/N-ethyl adjacent to an activating group) is 1. The predicted molar refractivity (Wildman–Crippen MR) is 120 cm³/mol. The van der Waals surface area contributed by atoms with E-state index in [1.807, 2.05) is 30.3 Å². The van der Waals surface area contributed by atoms with E-state index in [1.165, 1.54) is 18.0 Å². The fourth-order valence-corrected chi connectivity index (χ4v) is 3.67. The van der Waals surface area contributed by atoms with Crippen molar-refractivity contribution in [1.82, 2.24) is 10.2 Å². The molecule has 0 spiro atoms. The average molecular weight is 439 g/mol.